The van der Waals surface area contributed by atoms with Gasteiger partial charge >= 0.3 is 5.97 Å². The van der Waals surface area contributed by atoms with E-state index < -0.39 is 22.3 Å². The minimum absolute atomic E-state index is 0.293. The average molecular weight is 231 g/mol. The van der Waals surface area contributed by atoms with Crippen LogP contribution in [0, 0.1) is 5.92 Å². The van der Waals surface area contributed by atoms with Gasteiger partial charge in [0.1, 0.15) is 5.54 Å². The molecule has 0 spiro atoms. The van der Waals surface area contributed by atoms with Crippen molar-refractivity contribution in [3.63, 3.8) is 0 Å². The fraction of sp³-hybridized carbons (Fsp3) is 0.900. The molecule has 1 aliphatic carbocycles. The van der Waals surface area contributed by atoms with Crippen LogP contribution in [0.5, 0.6) is 0 Å². The average Bonchev–Trinajstić information content (AvgIpc) is 3.00. The molecule has 2 aliphatic rings. The highest BCUT2D eigenvalue weighted by molar-refractivity contribution is 7.85. The van der Waals surface area contributed by atoms with Crippen molar-refractivity contribution in [2.24, 2.45) is 5.92 Å². The molecule has 1 unspecified atom stereocenters. The zero-order chi connectivity index (χ0) is 11.1. The van der Waals surface area contributed by atoms with Crippen molar-refractivity contribution >= 4 is 16.8 Å². The maximum absolute atomic E-state index is 11.4. The number of aliphatic carboxylic acids is 1. The van der Waals surface area contributed by atoms with E-state index in [1.165, 1.54) is 0 Å². The molecule has 1 aliphatic heterocycles. The molecule has 2 fully saturated rings. The lowest BCUT2D eigenvalue weighted by molar-refractivity contribution is -0.152. The molecule has 4 nitrogen and oxygen atoms in total. The molecule has 2 rings (SSSR count). The molecule has 5 heteroatoms. The van der Waals surface area contributed by atoms with E-state index in [9.17, 15) is 14.1 Å². The van der Waals surface area contributed by atoms with Crippen LogP contribution < -0.4 is 0 Å². The van der Waals surface area contributed by atoms with Crippen molar-refractivity contribution < 1.29 is 14.1 Å². The summed E-state index contributed by atoms with van der Waals surface area (Å²) < 4.78 is 11.2. The Labute approximate surface area is 92.1 Å². The summed E-state index contributed by atoms with van der Waals surface area (Å²) in [7, 11) is -0.736. The van der Waals surface area contributed by atoms with Gasteiger partial charge in [0.25, 0.3) is 0 Å². The SMILES string of the molecule is CC(C(=O)O)(C1CC1)N1CCS(=O)CC1. The maximum atomic E-state index is 11.4. The summed E-state index contributed by atoms with van der Waals surface area (Å²) in [5, 5.41) is 9.34. The Morgan fingerprint density at radius 2 is 1.93 bits per heavy atom. The monoisotopic (exact) mass is 231 g/mol. The van der Waals surface area contributed by atoms with E-state index in [0.717, 1.165) is 12.8 Å². The van der Waals surface area contributed by atoms with Crippen LogP contribution in [0.4, 0.5) is 0 Å². The highest BCUT2D eigenvalue weighted by Crippen LogP contribution is 2.43. The van der Waals surface area contributed by atoms with Crippen LogP contribution in [-0.2, 0) is 15.6 Å². The van der Waals surface area contributed by atoms with Crippen LogP contribution in [0.1, 0.15) is 19.8 Å². The summed E-state index contributed by atoms with van der Waals surface area (Å²) >= 11 is 0. The second-order valence-corrected chi connectivity index (χ2v) is 6.26. The van der Waals surface area contributed by atoms with Crippen LogP contribution in [0.3, 0.4) is 0 Å². The lowest BCUT2D eigenvalue weighted by Gasteiger charge is -2.40. The summed E-state index contributed by atoms with van der Waals surface area (Å²) in [5.41, 5.74) is -0.718. The Hall–Kier alpha value is -0.420. The van der Waals surface area contributed by atoms with Gasteiger partial charge in [0.05, 0.1) is 0 Å². The standard InChI is InChI=1S/C10H17NO3S/c1-10(9(12)13,8-2-3-8)11-4-6-15(14)7-5-11/h8H,2-7H2,1H3,(H,12,13). The number of carbonyl (C=O) groups is 1. The summed E-state index contributed by atoms with van der Waals surface area (Å²) in [5.74, 6) is 0.810. The maximum Gasteiger partial charge on any atom is 0.324 e. The van der Waals surface area contributed by atoms with Gasteiger partial charge in [0.2, 0.25) is 0 Å². The number of carboxylic acids is 1. The van der Waals surface area contributed by atoms with Gasteiger partial charge in [-0.1, -0.05) is 0 Å². The van der Waals surface area contributed by atoms with Gasteiger partial charge in [-0.2, -0.15) is 0 Å². The normalized spacial score (nSPS) is 28.6. The molecule has 0 amide bonds. The van der Waals surface area contributed by atoms with Crippen LogP contribution in [0.25, 0.3) is 0 Å². The first-order chi connectivity index (χ1) is 7.05. The van der Waals surface area contributed by atoms with Crippen molar-refractivity contribution in [2.45, 2.75) is 25.3 Å². The van der Waals surface area contributed by atoms with Crippen LogP contribution in [-0.4, -0.2) is 50.3 Å². The molecule has 1 saturated heterocycles. The topological polar surface area (TPSA) is 57.6 Å². The molecule has 0 aromatic carbocycles. The molecule has 1 heterocycles. The third-order valence-corrected chi connectivity index (χ3v) is 4.92. The van der Waals surface area contributed by atoms with Crippen LogP contribution >= 0.6 is 0 Å². The zero-order valence-electron chi connectivity index (χ0n) is 8.94. The molecule has 0 aromatic rings. The largest absolute Gasteiger partial charge is 0.480 e. The zero-order valence-corrected chi connectivity index (χ0v) is 9.76. The first-order valence-corrected chi connectivity index (χ1v) is 6.87. The fourth-order valence-electron chi connectivity index (χ4n) is 2.32. The van der Waals surface area contributed by atoms with Gasteiger partial charge in [-0.3, -0.25) is 13.9 Å². The third kappa shape index (κ3) is 1.95. The highest BCUT2D eigenvalue weighted by Gasteiger charge is 2.51. The fourth-order valence-corrected chi connectivity index (χ4v) is 3.37. The summed E-state index contributed by atoms with van der Waals surface area (Å²) in [4.78, 5) is 13.4. The predicted octanol–water partition coefficient (Wildman–Crippen LogP) is 0.304. The first kappa shape index (κ1) is 11.1. The van der Waals surface area contributed by atoms with E-state index in [1.807, 2.05) is 11.8 Å². The molecule has 1 N–H and O–H groups in total. The number of carboxylic acid groups (broad SMARTS) is 1. The summed E-state index contributed by atoms with van der Waals surface area (Å²) in [6, 6.07) is 0. The van der Waals surface area contributed by atoms with Gasteiger partial charge in [0.15, 0.2) is 0 Å². The Balaban J connectivity index is 2.11. The molecular formula is C10H17NO3S. The molecule has 15 heavy (non-hydrogen) atoms. The molecule has 0 radical (unpaired) electrons. The second kappa shape index (κ2) is 3.87. The van der Waals surface area contributed by atoms with Gasteiger partial charge < -0.3 is 5.11 Å². The van der Waals surface area contributed by atoms with Gasteiger partial charge in [-0.05, 0) is 25.7 Å². The van der Waals surface area contributed by atoms with Gasteiger partial charge in [0, 0.05) is 35.4 Å². The lowest BCUT2D eigenvalue weighted by Crippen LogP contribution is -2.58. The summed E-state index contributed by atoms with van der Waals surface area (Å²) in [6.45, 7) is 3.14. The van der Waals surface area contributed by atoms with Crippen molar-refractivity contribution in [3.8, 4) is 0 Å². The number of hydrogen-bond acceptors (Lipinski definition) is 3. The van der Waals surface area contributed by atoms with E-state index in [4.69, 9.17) is 0 Å². The Morgan fingerprint density at radius 1 is 1.40 bits per heavy atom. The third-order valence-electron chi connectivity index (χ3n) is 3.64. The molecule has 1 atom stereocenters. The number of rotatable bonds is 3. The van der Waals surface area contributed by atoms with E-state index in [1.54, 1.807) is 0 Å². The van der Waals surface area contributed by atoms with E-state index >= 15 is 0 Å². The molecule has 1 saturated carbocycles. The van der Waals surface area contributed by atoms with Crippen molar-refractivity contribution in [1.29, 1.82) is 0 Å². The summed E-state index contributed by atoms with van der Waals surface area (Å²) in [6.07, 6.45) is 2.03. The van der Waals surface area contributed by atoms with E-state index in [-0.39, 0.29) is 0 Å². The minimum Gasteiger partial charge on any atom is -0.480 e. The molecule has 86 valence electrons. The number of hydrogen-bond donors (Lipinski definition) is 1. The number of nitrogens with zero attached hydrogens (tertiary/aromatic N) is 1. The van der Waals surface area contributed by atoms with Crippen LogP contribution in [0.15, 0.2) is 0 Å². The Kier molecular flexibility index (Phi) is 2.85. The van der Waals surface area contributed by atoms with Crippen molar-refractivity contribution in [1.82, 2.24) is 4.90 Å². The van der Waals surface area contributed by atoms with Crippen molar-refractivity contribution in [2.75, 3.05) is 24.6 Å². The van der Waals surface area contributed by atoms with Crippen LogP contribution in [0.2, 0.25) is 0 Å². The second-order valence-electron chi connectivity index (χ2n) is 4.56. The predicted molar refractivity (Wildman–Crippen MR) is 58.2 cm³/mol. The molecular weight excluding hydrogens is 214 g/mol. The Bertz CT molecular complexity index is 293. The smallest absolute Gasteiger partial charge is 0.324 e. The minimum atomic E-state index is -0.736. The molecule has 0 aromatic heterocycles. The Morgan fingerprint density at radius 3 is 2.33 bits per heavy atom. The quantitative estimate of drug-likeness (QED) is 0.759. The van der Waals surface area contributed by atoms with Crippen molar-refractivity contribution in [3.05, 3.63) is 0 Å². The highest BCUT2D eigenvalue weighted by atomic mass is 32.2. The van der Waals surface area contributed by atoms with E-state index in [0.29, 0.717) is 30.5 Å². The first-order valence-electron chi connectivity index (χ1n) is 5.38. The molecule has 0 bridgehead atoms. The van der Waals surface area contributed by atoms with Gasteiger partial charge in [-0.15, -0.1) is 0 Å². The lowest BCUT2D eigenvalue weighted by atomic mass is 9.93. The van der Waals surface area contributed by atoms with E-state index in [2.05, 4.69) is 0 Å². The van der Waals surface area contributed by atoms with Gasteiger partial charge in [-0.25, -0.2) is 0 Å².